The van der Waals surface area contributed by atoms with E-state index in [1.54, 1.807) is 11.3 Å². The van der Waals surface area contributed by atoms with Crippen LogP contribution in [0, 0.1) is 0 Å². The third kappa shape index (κ3) is 3.81. The first-order chi connectivity index (χ1) is 11.3. The van der Waals surface area contributed by atoms with Crippen molar-refractivity contribution < 1.29 is 0 Å². The molecule has 0 bridgehead atoms. The van der Waals surface area contributed by atoms with E-state index in [4.69, 9.17) is 0 Å². The lowest BCUT2D eigenvalue weighted by atomic mass is 10.1. The van der Waals surface area contributed by atoms with Gasteiger partial charge in [0.05, 0.1) is 10.2 Å². The summed E-state index contributed by atoms with van der Waals surface area (Å²) in [7, 11) is 0. The first-order valence-electron chi connectivity index (χ1n) is 7.54. The third-order valence-corrected chi connectivity index (χ3v) is 4.37. The summed E-state index contributed by atoms with van der Waals surface area (Å²) in [5.74, 6) is 0.662. The van der Waals surface area contributed by atoms with Crippen molar-refractivity contribution in [2.45, 2.75) is 20.3 Å². The molecule has 5 heteroatoms. The van der Waals surface area contributed by atoms with Gasteiger partial charge < -0.3 is 0 Å². The molecule has 3 aromatic rings. The molecule has 0 fully saturated rings. The Morgan fingerprint density at radius 1 is 1.17 bits per heavy atom. The van der Waals surface area contributed by atoms with Crippen molar-refractivity contribution >= 4 is 38.7 Å². The maximum atomic E-state index is 4.48. The molecule has 2 aromatic carbocycles. The number of nitrogens with one attached hydrogen (secondary N) is 1. The fourth-order valence-corrected chi connectivity index (χ4v) is 3.03. The Morgan fingerprint density at radius 3 is 2.78 bits per heavy atom. The zero-order valence-electron chi connectivity index (χ0n) is 13.2. The molecule has 3 rings (SSSR count). The first-order valence-corrected chi connectivity index (χ1v) is 8.36. The second-order valence-electron chi connectivity index (χ2n) is 5.07. The number of benzene rings is 2. The minimum atomic E-state index is 0.662. The third-order valence-electron chi connectivity index (χ3n) is 3.43. The molecule has 0 aliphatic heterocycles. The zero-order chi connectivity index (χ0) is 16.1. The van der Waals surface area contributed by atoms with E-state index < -0.39 is 0 Å². The number of anilines is 1. The fourth-order valence-electron chi connectivity index (χ4n) is 2.22. The van der Waals surface area contributed by atoms with Gasteiger partial charge in [0, 0.05) is 6.21 Å². The van der Waals surface area contributed by atoms with Crippen LogP contribution >= 0.6 is 11.3 Å². The largest absolute Gasteiger partial charge is 0.251 e. The molecule has 0 aliphatic rings. The highest BCUT2D eigenvalue weighted by Gasteiger charge is 2.01. The van der Waals surface area contributed by atoms with Gasteiger partial charge >= 0.3 is 0 Å². The lowest BCUT2D eigenvalue weighted by Crippen LogP contribution is -1.96. The Morgan fingerprint density at radius 2 is 1.96 bits per heavy atom. The van der Waals surface area contributed by atoms with Gasteiger partial charge in [-0.3, -0.25) is 5.43 Å². The minimum absolute atomic E-state index is 0.662. The molecule has 0 unspecified atom stereocenters. The molecule has 116 valence electrons. The number of aliphatic imine (C=N–C) groups is 1. The summed E-state index contributed by atoms with van der Waals surface area (Å²) in [6.45, 7) is 4.01. The van der Waals surface area contributed by atoms with Crippen LogP contribution in [0.2, 0.25) is 0 Å². The zero-order valence-corrected chi connectivity index (χ0v) is 14.0. The topological polar surface area (TPSA) is 49.6 Å². The molecule has 0 saturated carbocycles. The predicted octanol–water partition coefficient (Wildman–Crippen LogP) is 4.72. The van der Waals surface area contributed by atoms with Crippen molar-refractivity contribution in [2.75, 3.05) is 5.43 Å². The smallest absolute Gasteiger partial charge is 0.204 e. The minimum Gasteiger partial charge on any atom is -0.251 e. The molecule has 1 N–H and O–H groups in total. The van der Waals surface area contributed by atoms with Crippen LogP contribution in [0.15, 0.2) is 58.6 Å². The molecular weight excluding hydrogens is 304 g/mol. The molecular formula is C18H18N4S. The van der Waals surface area contributed by atoms with E-state index in [1.165, 1.54) is 5.56 Å². The lowest BCUT2D eigenvalue weighted by Gasteiger charge is -2.01. The van der Waals surface area contributed by atoms with Gasteiger partial charge in [-0.25, -0.2) is 9.98 Å². The highest BCUT2D eigenvalue weighted by Crippen LogP contribution is 2.25. The molecule has 23 heavy (non-hydrogen) atoms. The molecule has 0 saturated heterocycles. The Bertz CT molecular complexity index is 831. The summed E-state index contributed by atoms with van der Waals surface area (Å²) in [5, 5.41) is 5.05. The van der Waals surface area contributed by atoms with Crippen molar-refractivity contribution in [2.24, 2.45) is 10.1 Å². The quantitative estimate of drug-likeness (QED) is 0.429. The van der Waals surface area contributed by atoms with Gasteiger partial charge in [0.1, 0.15) is 5.84 Å². The molecule has 0 aliphatic carbocycles. The maximum Gasteiger partial charge on any atom is 0.204 e. The molecule has 1 heterocycles. The van der Waals surface area contributed by atoms with Crippen molar-refractivity contribution in [3.8, 4) is 0 Å². The van der Waals surface area contributed by atoms with E-state index >= 15 is 0 Å². The molecule has 4 nitrogen and oxygen atoms in total. The standard InChI is InChI=1S/C18H18N4S/c1-3-14-8-4-5-9-15(14)12-19-13(2)21-22-18-20-16-10-6-7-11-17(16)23-18/h4-12H,3H2,1-2H3,(H,20,22)/b19-12?,21-13-. The van der Waals surface area contributed by atoms with Crippen LogP contribution in [-0.2, 0) is 6.42 Å². The van der Waals surface area contributed by atoms with Gasteiger partial charge in [0.25, 0.3) is 0 Å². The number of nitrogens with zero attached hydrogens (tertiary/aromatic N) is 3. The van der Waals surface area contributed by atoms with Gasteiger partial charge in [-0.2, -0.15) is 5.10 Å². The van der Waals surface area contributed by atoms with Crippen LogP contribution in [0.5, 0.6) is 0 Å². The monoisotopic (exact) mass is 322 g/mol. The number of fused-ring (bicyclic) bond motifs is 1. The number of para-hydroxylation sites is 1. The molecule has 0 spiro atoms. The molecule has 1 aromatic heterocycles. The molecule has 0 amide bonds. The summed E-state index contributed by atoms with van der Waals surface area (Å²) in [6, 6.07) is 16.3. The van der Waals surface area contributed by atoms with Crippen molar-refractivity contribution in [3.05, 3.63) is 59.7 Å². The summed E-state index contributed by atoms with van der Waals surface area (Å²) in [6.07, 6.45) is 2.85. The molecule has 0 radical (unpaired) electrons. The Balaban J connectivity index is 1.71. The second-order valence-corrected chi connectivity index (χ2v) is 6.10. The average Bonchev–Trinajstić information content (AvgIpc) is 3.01. The van der Waals surface area contributed by atoms with E-state index in [0.29, 0.717) is 5.84 Å². The summed E-state index contributed by atoms with van der Waals surface area (Å²) in [5.41, 5.74) is 6.37. The average molecular weight is 322 g/mol. The normalized spacial score (nSPS) is 12.2. The van der Waals surface area contributed by atoms with Crippen LogP contribution in [0.25, 0.3) is 10.2 Å². The number of amidine groups is 1. The van der Waals surface area contributed by atoms with Crippen molar-refractivity contribution in [3.63, 3.8) is 0 Å². The van der Waals surface area contributed by atoms with E-state index in [-0.39, 0.29) is 0 Å². The van der Waals surface area contributed by atoms with Gasteiger partial charge in [0.2, 0.25) is 5.13 Å². The van der Waals surface area contributed by atoms with Crippen LogP contribution in [-0.4, -0.2) is 17.0 Å². The summed E-state index contributed by atoms with van der Waals surface area (Å²) in [4.78, 5) is 8.89. The van der Waals surface area contributed by atoms with E-state index in [0.717, 1.165) is 27.3 Å². The summed E-state index contributed by atoms with van der Waals surface area (Å²) < 4.78 is 1.14. The predicted molar refractivity (Wildman–Crippen MR) is 99.8 cm³/mol. The maximum absolute atomic E-state index is 4.48. The van der Waals surface area contributed by atoms with Crippen molar-refractivity contribution in [1.29, 1.82) is 0 Å². The first kappa shape index (κ1) is 15.4. The number of thiazole rings is 1. The highest BCUT2D eigenvalue weighted by atomic mass is 32.1. The number of rotatable bonds is 4. The van der Waals surface area contributed by atoms with Crippen LogP contribution in [0.1, 0.15) is 25.0 Å². The highest BCUT2D eigenvalue weighted by molar-refractivity contribution is 7.22. The number of aryl methyl sites for hydroxylation is 1. The SMILES string of the molecule is CCc1ccccc1C=N/C(C)=N\Nc1nc2ccccc2s1. The Kier molecular flexibility index (Phi) is 4.78. The van der Waals surface area contributed by atoms with E-state index in [1.807, 2.05) is 43.5 Å². The fraction of sp³-hybridized carbons (Fsp3) is 0.167. The Labute approximate surface area is 139 Å². The van der Waals surface area contributed by atoms with Gasteiger partial charge in [-0.1, -0.05) is 54.7 Å². The van der Waals surface area contributed by atoms with Gasteiger partial charge in [0.15, 0.2) is 0 Å². The van der Waals surface area contributed by atoms with Gasteiger partial charge in [-0.15, -0.1) is 0 Å². The Hall–Kier alpha value is -2.53. The number of aromatic nitrogens is 1. The number of hydrogen-bond acceptors (Lipinski definition) is 4. The van der Waals surface area contributed by atoms with Crippen LogP contribution in [0.3, 0.4) is 0 Å². The van der Waals surface area contributed by atoms with E-state index in [2.05, 4.69) is 45.6 Å². The van der Waals surface area contributed by atoms with Crippen molar-refractivity contribution in [1.82, 2.24) is 4.98 Å². The van der Waals surface area contributed by atoms with E-state index in [9.17, 15) is 0 Å². The van der Waals surface area contributed by atoms with Crippen LogP contribution < -0.4 is 5.43 Å². The van der Waals surface area contributed by atoms with Gasteiger partial charge in [-0.05, 0) is 36.6 Å². The number of hydrazone groups is 1. The summed E-state index contributed by atoms with van der Waals surface area (Å²) >= 11 is 1.58. The lowest BCUT2D eigenvalue weighted by molar-refractivity contribution is 1.13. The van der Waals surface area contributed by atoms with Crippen LogP contribution in [0.4, 0.5) is 5.13 Å². The molecule has 0 atom stereocenters. The number of hydrogen-bond donors (Lipinski definition) is 1. The second kappa shape index (κ2) is 7.15.